The van der Waals surface area contributed by atoms with Crippen LogP contribution < -0.4 is 5.32 Å². The van der Waals surface area contributed by atoms with Crippen molar-refractivity contribution in [2.75, 3.05) is 19.6 Å². The number of rotatable bonds is 2. The summed E-state index contributed by atoms with van der Waals surface area (Å²) in [5.41, 5.74) is 0.951. The Kier molecular flexibility index (Phi) is 5.65. The highest BCUT2D eigenvalue weighted by atomic mass is 35.5. The Hall–Kier alpha value is -0.330. The van der Waals surface area contributed by atoms with Gasteiger partial charge in [0.25, 0.3) is 0 Å². The molecule has 2 rings (SSSR count). The lowest BCUT2D eigenvalue weighted by atomic mass is 10.2. The minimum Gasteiger partial charge on any atom is -0.314 e. The lowest BCUT2D eigenvalue weighted by Crippen LogP contribution is -2.52. The van der Waals surface area contributed by atoms with Crippen LogP contribution in [0, 0.1) is 6.92 Å². The zero-order valence-electron chi connectivity index (χ0n) is 10.9. The first kappa shape index (κ1) is 16.7. The zero-order valence-corrected chi connectivity index (χ0v) is 13.3. The molecule has 1 unspecified atom stereocenters. The van der Waals surface area contributed by atoms with Gasteiger partial charge in [-0.15, -0.1) is 12.4 Å². The normalized spacial score (nSPS) is 20.9. The topological polar surface area (TPSA) is 49.4 Å². The standard InChI is InChI=1S/C12H17ClN2O2S.ClH/c1-9-3-4-12(11(13)7-9)18(16,17)15-6-5-14-8-10(15)2;/h3-4,7,10,14H,5-6,8H2,1-2H3;1H. The Morgan fingerprint density at radius 1 is 1.42 bits per heavy atom. The van der Waals surface area contributed by atoms with Gasteiger partial charge in [0, 0.05) is 25.7 Å². The molecule has 19 heavy (non-hydrogen) atoms. The molecule has 1 heterocycles. The molecular formula is C12H18Cl2N2O2S. The fourth-order valence-electron chi connectivity index (χ4n) is 2.12. The van der Waals surface area contributed by atoms with Crippen LogP contribution in [0.1, 0.15) is 12.5 Å². The van der Waals surface area contributed by atoms with E-state index in [-0.39, 0.29) is 23.3 Å². The molecule has 1 aromatic carbocycles. The van der Waals surface area contributed by atoms with E-state index in [9.17, 15) is 8.42 Å². The van der Waals surface area contributed by atoms with E-state index < -0.39 is 10.0 Å². The molecule has 7 heteroatoms. The van der Waals surface area contributed by atoms with Crippen molar-refractivity contribution in [3.63, 3.8) is 0 Å². The summed E-state index contributed by atoms with van der Waals surface area (Å²) in [4.78, 5) is 0.198. The van der Waals surface area contributed by atoms with E-state index in [1.165, 1.54) is 4.31 Å². The number of halogens is 2. The van der Waals surface area contributed by atoms with Crippen molar-refractivity contribution < 1.29 is 8.42 Å². The number of hydrogen-bond acceptors (Lipinski definition) is 3. The third-order valence-corrected chi connectivity index (χ3v) is 5.61. The Labute approximate surface area is 125 Å². The number of sulfonamides is 1. The van der Waals surface area contributed by atoms with Gasteiger partial charge in [0.2, 0.25) is 10.0 Å². The van der Waals surface area contributed by atoms with Crippen LogP contribution in [0.5, 0.6) is 0 Å². The van der Waals surface area contributed by atoms with Gasteiger partial charge >= 0.3 is 0 Å². The molecule has 1 fully saturated rings. The second kappa shape index (κ2) is 6.41. The average Bonchev–Trinajstić information content (AvgIpc) is 2.28. The van der Waals surface area contributed by atoms with Gasteiger partial charge in [-0.05, 0) is 31.5 Å². The van der Waals surface area contributed by atoms with Crippen molar-refractivity contribution in [1.82, 2.24) is 9.62 Å². The summed E-state index contributed by atoms with van der Waals surface area (Å²) in [7, 11) is -3.50. The monoisotopic (exact) mass is 324 g/mol. The summed E-state index contributed by atoms with van der Waals surface area (Å²) in [6, 6.07) is 4.98. The van der Waals surface area contributed by atoms with Crippen LogP contribution in [0.15, 0.2) is 23.1 Å². The highest BCUT2D eigenvalue weighted by Crippen LogP contribution is 2.27. The maximum atomic E-state index is 12.5. The minimum absolute atomic E-state index is 0. The molecule has 1 atom stereocenters. The Morgan fingerprint density at radius 3 is 2.68 bits per heavy atom. The third-order valence-electron chi connectivity index (χ3n) is 3.11. The highest BCUT2D eigenvalue weighted by Gasteiger charge is 2.32. The molecule has 1 N–H and O–H groups in total. The first-order valence-corrected chi connectivity index (χ1v) is 7.73. The van der Waals surface area contributed by atoms with Crippen molar-refractivity contribution in [2.24, 2.45) is 0 Å². The van der Waals surface area contributed by atoms with E-state index in [2.05, 4.69) is 5.32 Å². The predicted molar refractivity (Wildman–Crippen MR) is 79.7 cm³/mol. The van der Waals surface area contributed by atoms with Gasteiger partial charge in [-0.1, -0.05) is 17.7 Å². The Morgan fingerprint density at radius 2 is 2.11 bits per heavy atom. The summed E-state index contributed by atoms with van der Waals surface area (Å²) < 4.78 is 26.6. The van der Waals surface area contributed by atoms with Crippen LogP contribution in [0.2, 0.25) is 5.02 Å². The van der Waals surface area contributed by atoms with Crippen LogP contribution >= 0.6 is 24.0 Å². The van der Waals surface area contributed by atoms with Crippen LogP contribution in [0.25, 0.3) is 0 Å². The first-order chi connectivity index (χ1) is 8.43. The molecule has 0 aromatic heterocycles. The van der Waals surface area contributed by atoms with E-state index in [1.54, 1.807) is 18.2 Å². The van der Waals surface area contributed by atoms with Crippen LogP contribution in [0.4, 0.5) is 0 Å². The molecule has 0 saturated carbocycles. The fourth-order valence-corrected chi connectivity index (χ4v) is 4.33. The van der Waals surface area contributed by atoms with Gasteiger partial charge in [0.15, 0.2) is 0 Å². The largest absolute Gasteiger partial charge is 0.314 e. The van der Waals surface area contributed by atoms with Gasteiger partial charge in [-0.3, -0.25) is 0 Å². The van der Waals surface area contributed by atoms with Crippen LogP contribution in [-0.4, -0.2) is 38.4 Å². The van der Waals surface area contributed by atoms with Crippen molar-refractivity contribution in [3.8, 4) is 0 Å². The molecule has 4 nitrogen and oxygen atoms in total. The van der Waals surface area contributed by atoms with Crippen molar-refractivity contribution in [3.05, 3.63) is 28.8 Å². The molecule has 0 radical (unpaired) electrons. The number of aryl methyl sites for hydroxylation is 1. The zero-order chi connectivity index (χ0) is 13.3. The number of benzene rings is 1. The SMILES string of the molecule is Cc1ccc(S(=O)(=O)N2CCNCC2C)c(Cl)c1.Cl. The molecule has 0 aliphatic carbocycles. The van der Waals surface area contributed by atoms with E-state index in [4.69, 9.17) is 11.6 Å². The van der Waals surface area contributed by atoms with Gasteiger partial charge in [0.05, 0.1) is 5.02 Å². The number of hydrogen-bond donors (Lipinski definition) is 1. The van der Waals surface area contributed by atoms with E-state index in [0.29, 0.717) is 24.7 Å². The average molecular weight is 325 g/mol. The smallest absolute Gasteiger partial charge is 0.244 e. The second-order valence-electron chi connectivity index (χ2n) is 4.60. The lowest BCUT2D eigenvalue weighted by molar-refractivity contribution is 0.284. The summed E-state index contributed by atoms with van der Waals surface area (Å²) in [5, 5.41) is 3.47. The van der Waals surface area contributed by atoms with Gasteiger partial charge in [-0.25, -0.2) is 8.42 Å². The second-order valence-corrected chi connectivity index (χ2v) is 6.87. The highest BCUT2D eigenvalue weighted by molar-refractivity contribution is 7.89. The van der Waals surface area contributed by atoms with Crippen molar-refractivity contribution in [2.45, 2.75) is 24.8 Å². The Balaban J connectivity index is 0.00000180. The molecule has 0 amide bonds. The fraction of sp³-hybridized carbons (Fsp3) is 0.500. The lowest BCUT2D eigenvalue weighted by Gasteiger charge is -2.33. The third kappa shape index (κ3) is 3.41. The van der Waals surface area contributed by atoms with Crippen molar-refractivity contribution in [1.29, 1.82) is 0 Å². The maximum Gasteiger partial charge on any atom is 0.244 e. The quantitative estimate of drug-likeness (QED) is 0.905. The maximum absolute atomic E-state index is 12.5. The minimum atomic E-state index is -3.50. The molecule has 1 saturated heterocycles. The number of nitrogens with one attached hydrogen (secondary N) is 1. The van der Waals surface area contributed by atoms with E-state index in [0.717, 1.165) is 5.56 Å². The Bertz CT molecular complexity index is 549. The van der Waals surface area contributed by atoms with Crippen molar-refractivity contribution >= 4 is 34.0 Å². The molecular weight excluding hydrogens is 307 g/mol. The molecule has 1 aliphatic rings. The summed E-state index contributed by atoms with van der Waals surface area (Å²) in [6.45, 7) is 5.60. The van der Waals surface area contributed by atoms with Gasteiger partial charge in [-0.2, -0.15) is 4.31 Å². The summed E-state index contributed by atoms with van der Waals surface area (Å²) in [6.07, 6.45) is 0. The number of piperazine rings is 1. The van der Waals surface area contributed by atoms with Gasteiger partial charge in [0.1, 0.15) is 4.90 Å². The molecule has 1 aromatic rings. The number of nitrogens with zero attached hydrogens (tertiary/aromatic N) is 1. The molecule has 0 bridgehead atoms. The molecule has 1 aliphatic heterocycles. The summed E-state index contributed by atoms with van der Waals surface area (Å²) in [5.74, 6) is 0. The van der Waals surface area contributed by atoms with E-state index >= 15 is 0 Å². The molecule has 0 spiro atoms. The predicted octanol–water partition coefficient (Wildman–Crippen LogP) is 2.05. The van der Waals surface area contributed by atoms with E-state index in [1.807, 2.05) is 13.8 Å². The molecule has 108 valence electrons. The van der Waals surface area contributed by atoms with Crippen LogP contribution in [0.3, 0.4) is 0 Å². The van der Waals surface area contributed by atoms with Gasteiger partial charge < -0.3 is 5.32 Å². The van der Waals surface area contributed by atoms with Crippen LogP contribution in [-0.2, 0) is 10.0 Å². The first-order valence-electron chi connectivity index (χ1n) is 5.91. The summed E-state index contributed by atoms with van der Waals surface area (Å²) >= 11 is 6.06.